The molecule has 5 nitrogen and oxygen atoms in total. The van der Waals surface area contributed by atoms with Crippen molar-refractivity contribution in [3.63, 3.8) is 0 Å². The van der Waals surface area contributed by atoms with Crippen LogP contribution < -0.4 is 0 Å². The number of aryl methyl sites for hydroxylation is 1. The van der Waals surface area contributed by atoms with Gasteiger partial charge in [0.05, 0.1) is 4.92 Å². The second-order valence-corrected chi connectivity index (χ2v) is 6.32. The lowest BCUT2D eigenvalue weighted by atomic mass is 10.2. The van der Waals surface area contributed by atoms with Crippen molar-refractivity contribution < 1.29 is 14.8 Å². The molecular formula is C11H12ClNO4S. The highest BCUT2D eigenvalue weighted by Crippen LogP contribution is 2.38. The van der Waals surface area contributed by atoms with Gasteiger partial charge in [0.1, 0.15) is 9.77 Å². The van der Waals surface area contributed by atoms with Crippen LogP contribution in [0.5, 0.6) is 0 Å². The van der Waals surface area contributed by atoms with Gasteiger partial charge in [-0.05, 0) is 32.4 Å². The van der Waals surface area contributed by atoms with E-state index in [1.54, 1.807) is 20.8 Å². The first-order valence-electron chi connectivity index (χ1n) is 5.02. The molecule has 0 fully saturated rings. The molecule has 0 unspecified atom stereocenters. The predicted octanol–water partition coefficient (Wildman–Crippen LogP) is 3.51. The highest BCUT2D eigenvalue weighted by atomic mass is 35.5. The van der Waals surface area contributed by atoms with Gasteiger partial charge in [-0.2, -0.15) is 0 Å². The molecule has 0 saturated carbocycles. The zero-order valence-corrected chi connectivity index (χ0v) is 11.6. The average Bonchev–Trinajstić information content (AvgIpc) is 2.21. The number of thioether (sulfide) groups is 1. The Morgan fingerprint density at radius 1 is 1.50 bits per heavy atom. The molecule has 98 valence electrons. The summed E-state index contributed by atoms with van der Waals surface area (Å²) in [7, 11) is 0. The Bertz CT molecular complexity index is 516. The topological polar surface area (TPSA) is 80.4 Å². The van der Waals surface area contributed by atoms with Crippen molar-refractivity contribution in [1.29, 1.82) is 0 Å². The lowest BCUT2D eigenvalue weighted by Gasteiger charge is -2.19. The largest absolute Gasteiger partial charge is 0.480 e. The Balaban J connectivity index is 3.17. The summed E-state index contributed by atoms with van der Waals surface area (Å²) >= 11 is 6.91. The molecule has 1 aromatic carbocycles. The number of hydrogen-bond donors (Lipinski definition) is 1. The molecule has 0 atom stereocenters. The van der Waals surface area contributed by atoms with Gasteiger partial charge in [0.2, 0.25) is 0 Å². The molecule has 0 heterocycles. The van der Waals surface area contributed by atoms with Crippen molar-refractivity contribution in [2.45, 2.75) is 30.4 Å². The SMILES string of the molecule is Cc1cc([N+](=O)[O-])c(Cl)cc1SC(C)(C)C(=O)O. The van der Waals surface area contributed by atoms with Crippen LogP contribution in [0.25, 0.3) is 0 Å². The summed E-state index contributed by atoms with van der Waals surface area (Å²) in [5, 5.41) is 19.8. The first kappa shape index (κ1) is 14.8. The number of nitrogens with zero attached hydrogens (tertiary/aromatic N) is 1. The maximum Gasteiger partial charge on any atom is 0.319 e. The van der Waals surface area contributed by atoms with Crippen molar-refractivity contribution in [2.75, 3.05) is 0 Å². The predicted molar refractivity (Wildman–Crippen MR) is 70.4 cm³/mol. The van der Waals surface area contributed by atoms with Crippen molar-refractivity contribution in [3.05, 3.63) is 32.8 Å². The maximum absolute atomic E-state index is 11.0. The number of nitro groups is 1. The molecule has 0 aliphatic carbocycles. The highest BCUT2D eigenvalue weighted by Gasteiger charge is 2.30. The minimum absolute atomic E-state index is 0.00860. The van der Waals surface area contributed by atoms with Gasteiger partial charge in [0.15, 0.2) is 0 Å². The van der Waals surface area contributed by atoms with Crippen molar-refractivity contribution in [3.8, 4) is 0 Å². The van der Waals surface area contributed by atoms with E-state index in [4.69, 9.17) is 16.7 Å². The molecule has 0 aromatic heterocycles. The minimum atomic E-state index is -1.02. The Morgan fingerprint density at radius 3 is 2.50 bits per heavy atom. The van der Waals surface area contributed by atoms with Crippen LogP contribution in [-0.4, -0.2) is 20.7 Å². The standard InChI is InChI=1S/C11H12ClNO4S/c1-6-4-8(13(16)17)7(12)5-9(6)18-11(2,3)10(14)15/h4-5H,1-3H3,(H,14,15). The Morgan fingerprint density at radius 2 is 2.06 bits per heavy atom. The van der Waals surface area contributed by atoms with Crippen molar-refractivity contribution in [1.82, 2.24) is 0 Å². The van der Waals surface area contributed by atoms with Crippen LogP contribution in [0.15, 0.2) is 17.0 Å². The van der Waals surface area contributed by atoms with Gasteiger partial charge < -0.3 is 5.11 Å². The number of aliphatic carboxylic acids is 1. The number of carboxylic acids is 1. The van der Waals surface area contributed by atoms with Gasteiger partial charge in [-0.1, -0.05) is 11.6 Å². The van der Waals surface area contributed by atoms with Gasteiger partial charge in [-0.15, -0.1) is 11.8 Å². The summed E-state index contributed by atoms with van der Waals surface area (Å²) in [6, 6.07) is 2.78. The Hall–Kier alpha value is -1.27. The monoisotopic (exact) mass is 289 g/mol. The quantitative estimate of drug-likeness (QED) is 0.521. The maximum atomic E-state index is 11.0. The fraction of sp³-hybridized carbons (Fsp3) is 0.364. The van der Waals surface area contributed by atoms with Crippen LogP contribution >= 0.6 is 23.4 Å². The molecule has 1 N–H and O–H groups in total. The zero-order valence-electron chi connectivity index (χ0n) is 10.1. The van der Waals surface area contributed by atoms with Crippen molar-refractivity contribution in [2.24, 2.45) is 0 Å². The van der Waals surface area contributed by atoms with E-state index < -0.39 is 15.6 Å². The third-order valence-corrected chi connectivity index (χ3v) is 3.97. The molecule has 18 heavy (non-hydrogen) atoms. The second-order valence-electron chi connectivity index (χ2n) is 4.24. The Kier molecular flexibility index (Phi) is 4.24. The lowest BCUT2D eigenvalue weighted by Crippen LogP contribution is -2.27. The summed E-state index contributed by atoms with van der Waals surface area (Å²) in [6.45, 7) is 4.81. The van der Waals surface area contributed by atoms with E-state index in [0.717, 1.165) is 11.8 Å². The van der Waals surface area contributed by atoms with Gasteiger partial charge in [0, 0.05) is 11.0 Å². The lowest BCUT2D eigenvalue weighted by molar-refractivity contribution is -0.384. The summed E-state index contributed by atoms with van der Waals surface area (Å²) in [5.41, 5.74) is 0.456. The smallest absolute Gasteiger partial charge is 0.319 e. The minimum Gasteiger partial charge on any atom is -0.480 e. The van der Waals surface area contributed by atoms with E-state index in [1.807, 2.05) is 0 Å². The Labute approximate surface area is 113 Å². The second kappa shape index (κ2) is 5.16. The third-order valence-electron chi connectivity index (χ3n) is 2.32. The summed E-state index contributed by atoms with van der Waals surface area (Å²) in [6.07, 6.45) is 0. The number of rotatable bonds is 4. The summed E-state index contributed by atoms with van der Waals surface area (Å²) < 4.78 is -1.02. The first-order chi connectivity index (χ1) is 8.15. The third kappa shape index (κ3) is 3.14. The number of carboxylic acid groups (broad SMARTS) is 1. The van der Waals surface area contributed by atoms with Gasteiger partial charge in [-0.25, -0.2) is 0 Å². The molecule has 0 bridgehead atoms. The zero-order chi connectivity index (χ0) is 14.1. The van der Waals surface area contributed by atoms with E-state index in [9.17, 15) is 14.9 Å². The number of halogens is 1. The first-order valence-corrected chi connectivity index (χ1v) is 6.21. The number of benzene rings is 1. The van der Waals surface area contributed by atoms with Crippen LogP contribution in [0.1, 0.15) is 19.4 Å². The molecule has 0 aliphatic heterocycles. The molecular weight excluding hydrogens is 278 g/mol. The van der Waals surface area contributed by atoms with E-state index in [-0.39, 0.29) is 10.7 Å². The van der Waals surface area contributed by atoms with E-state index in [0.29, 0.717) is 10.5 Å². The number of nitro benzene ring substituents is 1. The van der Waals surface area contributed by atoms with Crippen LogP contribution in [0.4, 0.5) is 5.69 Å². The molecule has 0 amide bonds. The van der Waals surface area contributed by atoms with E-state index >= 15 is 0 Å². The molecule has 0 aliphatic rings. The van der Waals surface area contributed by atoms with Crippen molar-refractivity contribution >= 4 is 35.0 Å². The van der Waals surface area contributed by atoms with E-state index in [2.05, 4.69) is 0 Å². The summed E-state index contributed by atoms with van der Waals surface area (Å²) in [4.78, 5) is 21.8. The summed E-state index contributed by atoms with van der Waals surface area (Å²) in [5.74, 6) is -0.957. The molecule has 0 radical (unpaired) electrons. The molecule has 7 heteroatoms. The molecule has 0 spiro atoms. The average molecular weight is 290 g/mol. The molecule has 0 saturated heterocycles. The van der Waals surface area contributed by atoms with Crippen LogP contribution in [0, 0.1) is 17.0 Å². The number of hydrogen-bond acceptors (Lipinski definition) is 4. The van der Waals surface area contributed by atoms with Crippen LogP contribution in [0.3, 0.4) is 0 Å². The fourth-order valence-corrected chi connectivity index (χ4v) is 2.55. The van der Waals surface area contributed by atoms with Crippen LogP contribution in [-0.2, 0) is 4.79 Å². The van der Waals surface area contributed by atoms with Crippen LogP contribution in [0.2, 0.25) is 5.02 Å². The molecule has 1 rings (SSSR count). The fourth-order valence-electron chi connectivity index (χ4n) is 1.22. The van der Waals surface area contributed by atoms with Gasteiger partial charge in [0.25, 0.3) is 5.69 Å². The number of carbonyl (C=O) groups is 1. The highest BCUT2D eigenvalue weighted by molar-refractivity contribution is 8.01. The normalized spacial score (nSPS) is 11.3. The van der Waals surface area contributed by atoms with Gasteiger partial charge in [-0.3, -0.25) is 14.9 Å². The van der Waals surface area contributed by atoms with E-state index in [1.165, 1.54) is 12.1 Å². The van der Waals surface area contributed by atoms with Gasteiger partial charge >= 0.3 is 5.97 Å². The molecule has 1 aromatic rings.